The van der Waals surface area contributed by atoms with Crippen LogP contribution in [0.1, 0.15) is 16.1 Å². The molecule has 2 aromatic heterocycles. The van der Waals surface area contributed by atoms with Crippen molar-refractivity contribution in [3.8, 4) is 5.75 Å². The second-order valence-corrected chi connectivity index (χ2v) is 7.54. The quantitative estimate of drug-likeness (QED) is 0.536. The third-order valence-corrected chi connectivity index (χ3v) is 5.41. The predicted octanol–water partition coefficient (Wildman–Crippen LogP) is 2.57. The molecule has 0 fully saturated rings. The lowest BCUT2D eigenvalue weighted by atomic mass is 10.2. The Hall–Kier alpha value is -4.07. The van der Waals surface area contributed by atoms with E-state index in [0.29, 0.717) is 18.0 Å². The summed E-state index contributed by atoms with van der Waals surface area (Å²) in [7, 11) is 1.68. The van der Waals surface area contributed by atoms with Gasteiger partial charge in [-0.15, -0.1) is 0 Å². The van der Waals surface area contributed by atoms with Gasteiger partial charge in [-0.2, -0.15) is 0 Å². The van der Waals surface area contributed by atoms with Gasteiger partial charge in [0.05, 0.1) is 12.0 Å². The molecule has 8 nitrogen and oxygen atoms in total. The first-order valence-corrected chi connectivity index (χ1v) is 9.96. The maximum absolute atomic E-state index is 13.0. The van der Waals surface area contributed by atoms with Gasteiger partial charge in [-0.25, -0.2) is 4.98 Å². The van der Waals surface area contributed by atoms with Gasteiger partial charge in [0.2, 0.25) is 0 Å². The maximum atomic E-state index is 13.0. The summed E-state index contributed by atoms with van der Waals surface area (Å²) in [5.41, 5.74) is 2.95. The predicted molar refractivity (Wildman–Crippen MR) is 116 cm³/mol. The van der Waals surface area contributed by atoms with Crippen LogP contribution in [0.4, 0.5) is 5.69 Å². The molecule has 1 atom stereocenters. The Morgan fingerprint density at radius 3 is 2.94 bits per heavy atom. The average Bonchev–Trinajstić information content (AvgIpc) is 3.42. The number of anilines is 1. The maximum Gasteiger partial charge on any atom is 0.272 e. The van der Waals surface area contributed by atoms with Gasteiger partial charge in [0, 0.05) is 43.0 Å². The van der Waals surface area contributed by atoms with Crippen molar-refractivity contribution in [2.75, 3.05) is 18.6 Å². The second kappa shape index (κ2) is 7.64. The zero-order valence-corrected chi connectivity index (χ0v) is 16.9. The molecule has 1 aliphatic heterocycles. The van der Waals surface area contributed by atoms with Gasteiger partial charge < -0.3 is 24.5 Å². The molecule has 31 heavy (non-hydrogen) atoms. The monoisotopic (exact) mass is 415 g/mol. The van der Waals surface area contributed by atoms with Crippen LogP contribution in [-0.4, -0.2) is 46.0 Å². The molecule has 0 saturated heterocycles. The van der Waals surface area contributed by atoms with Crippen LogP contribution in [0.2, 0.25) is 0 Å². The number of amides is 2. The van der Waals surface area contributed by atoms with Crippen LogP contribution in [0.5, 0.6) is 5.75 Å². The molecule has 0 saturated carbocycles. The molecule has 2 amide bonds. The molecular formula is C23H21N5O3. The van der Waals surface area contributed by atoms with E-state index in [1.807, 2.05) is 59.3 Å². The van der Waals surface area contributed by atoms with Gasteiger partial charge in [-0.1, -0.05) is 30.3 Å². The lowest BCUT2D eigenvalue weighted by Gasteiger charge is -2.20. The molecule has 4 aromatic rings. The molecule has 1 aliphatic rings. The molecule has 8 heteroatoms. The Bertz CT molecular complexity index is 1260. The zero-order chi connectivity index (χ0) is 21.4. The van der Waals surface area contributed by atoms with Gasteiger partial charge in [0.1, 0.15) is 24.1 Å². The highest BCUT2D eigenvalue weighted by Gasteiger charge is 2.31. The number of ether oxygens (including phenoxy) is 1. The summed E-state index contributed by atoms with van der Waals surface area (Å²) in [6.45, 7) is 0.649. The van der Waals surface area contributed by atoms with E-state index < -0.39 is 11.9 Å². The van der Waals surface area contributed by atoms with Crippen LogP contribution in [0.15, 0.2) is 67.3 Å². The third-order valence-electron chi connectivity index (χ3n) is 5.41. The number of hydrogen-bond donors (Lipinski definition) is 2. The standard InChI is InChI=1S/C23H21N5O3/c1-27-20-9-16-7-8-24-17(16)10-21(20)31-13-19(23(27)30)26-22(29)18-12-28(14-25-18)11-15-5-3-2-4-6-15/h2-10,12,14,19,24H,11,13H2,1H3,(H,26,29). The number of nitrogens with zero attached hydrogens (tertiary/aromatic N) is 3. The number of hydrogen-bond acceptors (Lipinski definition) is 4. The van der Waals surface area contributed by atoms with Crippen LogP contribution in [0, 0.1) is 0 Å². The molecule has 3 heterocycles. The third kappa shape index (κ3) is 3.63. The van der Waals surface area contributed by atoms with E-state index in [9.17, 15) is 9.59 Å². The number of nitrogens with one attached hydrogen (secondary N) is 2. The van der Waals surface area contributed by atoms with Gasteiger partial charge in [-0.05, 0) is 17.7 Å². The van der Waals surface area contributed by atoms with Crippen molar-refractivity contribution in [3.05, 3.63) is 78.5 Å². The average molecular weight is 415 g/mol. The Labute approximate surface area is 178 Å². The number of H-pyrrole nitrogens is 1. The van der Waals surface area contributed by atoms with Gasteiger partial charge >= 0.3 is 0 Å². The van der Waals surface area contributed by atoms with E-state index in [0.717, 1.165) is 16.5 Å². The highest BCUT2D eigenvalue weighted by molar-refractivity contribution is 6.04. The first-order valence-electron chi connectivity index (χ1n) is 9.96. The molecule has 156 valence electrons. The Morgan fingerprint density at radius 1 is 1.26 bits per heavy atom. The molecule has 2 aromatic carbocycles. The molecular weight excluding hydrogens is 394 g/mol. The lowest BCUT2D eigenvalue weighted by Crippen LogP contribution is -2.49. The fraction of sp³-hybridized carbons (Fsp3) is 0.174. The number of aromatic amines is 1. The molecule has 5 rings (SSSR count). The fourth-order valence-corrected chi connectivity index (χ4v) is 3.74. The van der Waals surface area contributed by atoms with Crippen molar-refractivity contribution in [2.24, 2.45) is 0 Å². The first-order chi connectivity index (χ1) is 15.1. The van der Waals surface area contributed by atoms with Gasteiger partial charge in [-0.3, -0.25) is 9.59 Å². The van der Waals surface area contributed by atoms with Gasteiger partial charge in [0.25, 0.3) is 11.8 Å². The summed E-state index contributed by atoms with van der Waals surface area (Å²) in [5, 5.41) is 3.74. The first kappa shape index (κ1) is 18.9. The van der Waals surface area contributed by atoms with Crippen LogP contribution in [0.25, 0.3) is 10.9 Å². The van der Waals surface area contributed by atoms with Crippen molar-refractivity contribution < 1.29 is 14.3 Å². The Morgan fingerprint density at radius 2 is 2.10 bits per heavy atom. The molecule has 0 radical (unpaired) electrons. The molecule has 0 spiro atoms. The van der Waals surface area contributed by atoms with E-state index in [2.05, 4.69) is 15.3 Å². The molecule has 2 N–H and O–H groups in total. The topological polar surface area (TPSA) is 92.2 Å². The van der Waals surface area contributed by atoms with Crippen molar-refractivity contribution in [1.29, 1.82) is 0 Å². The SMILES string of the molecule is CN1C(=O)C(NC(=O)c2cn(Cc3ccccc3)cn2)COc2cc3[nH]ccc3cc21. The Balaban J connectivity index is 1.31. The number of carbonyl (C=O) groups excluding carboxylic acids is 2. The second-order valence-electron chi connectivity index (χ2n) is 7.54. The van der Waals surface area contributed by atoms with Crippen molar-refractivity contribution in [3.63, 3.8) is 0 Å². The minimum Gasteiger partial charge on any atom is -0.489 e. The number of imidazole rings is 1. The molecule has 0 aliphatic carbocycles. The summed E-state index contributed by atoms with van der Waals surface area (Å²) in [6.07, 6.45) is 5.12. The van der Waals surface area contributed by atoms with Crippen LogP contribution < -0.4 is 15.0 Å². The fourth-order valence-electron chi connectivity index (χ4n) is 3.74. The normalized spacial score (nSPS) is 16.0. The van der Waals surface area contributed by atoms with E-state index in [1.165, 1.54) is 4.90 Å². The van der Waals surface area contributed by atoms with E-state index in [-0.39, 0.29) is 18.2 Å². The summed E-state index contributed by atoms with van der Waals surface area (Å²) in [4.78, 5) is 34.6. The largest absolute Gasteiger partial charge is 0.489 e. The number of rotatable bonds is 4. The number of aromatic nitrogens is 3. The van der Waals surface area contributed by atoms with E-state index in [1.54, 1.807) is 19.6 Å². The summed E-state index contributed by atoms with van der Waals surface area (Å²) in [6, 6.07) is 14.8. The minimum absolute atomic E-state index is 0.0405. The minimum atomic E-state index is -0.817. The van der Waals surface area contributed by atoms with Crippen molar-refractivity contribution in [1.82, 2.24) is 19.9 Å². The van der Waals surface area contributed by atoms with Crippen LogP contribution in [-0.2, 0) is 11.3 Å². The number of fused-ring (bicyclic) bond motifs is 2. The zero-order valence-electron chi connectivity index (χ0n) is 16.9. The van der Waals surface area contributed by atoms with Crippen molar-refractivity contribution >= 4 is 28.4 Å². The van der Waals surface area contributed by atoms with E-state index >= 15 is 0 Å². The highest BCUT2D eigenvalue weighted by Crippen LogP contribution is 2.34. The Kier molecular flexibility index (Phi) is 4.66. The molecule has 1 unspecified atom stereocenters. The summed E-state index contributed by atoms with van der Waals surface area (Å²) >= 11 is 0. The highest BCUT2D eigenvalue weighted by atomic mass is 16.5. The van der Waals surface area contributed by atoms with E-state index in [4.69, 9.17) is 4.74 Å². The van der Waals surface area contributed by atoms with Gasteiger partial charge in [0.15, 0.2) is 0 Å². The van der Waals surface area contributed by atoms with Crippen LogP contribution in [0.3, 0.4) is 0 Å². The van der Waals surface area contributed by atoms with Crippen molar-refractivity contribution in [2.45, 2.75) is 12.6 Å². The number of likely N-dealkylation sites (N-methyl/N-ethyl adjacent to an activating group) is 1. The smallest absolute Gasteiger partial charge is 0.272 e. The van der Waals surface area contributed by atoms with Crippen LogP contribution >= 0.6 is 0 Å². The summed E-state index contributed by atoms with van der Waals surface area (Å²) in [5.74, 6) is -0.0689. The molecule has 0 bridgehead atoms. The lowest BCUT2D eigenvalue weighted by molar-refractivity contribution is -0.120. The number of carbonyl (C=O) groups is 2. The summed E-state index contributed by atoms with van der Waals surface area (Å²) < 4.78 is 7.71. The number of benzene rings is 2.